The molecule has 1 aliphatic rings. The van der Waals surface area contributed by atoms with Crippen molar-refractivity contribution in [2.45, 2.75) is 4.90 Å². The van der Waals surface area contributed by atoms with E-state index < -0.39 is 11.7 Å². The normalized spacial score (nSPS) is 13.8. The summed E-state index contributed by atoms with van der Waals surface area (Å²) in [6.07, 6.45) is 0. The van der Waals surface area contributed by atoms with Gasteiger partial charge in [-0.2, -0.15) is 0 Å². The molecule has 2 rings (SSSR count). The molecule has 4 nitrogen and oxygen atoms in total. The number of hydrogen-bond acceptors (Lipinski definition) is 4. The molecule has 0 aliphatic carbocycles. The van der Waals surface area contributed by atoms with Gasteiger partial charge in [0.1, 0.15) is 0 Å². The Morgan fingerprint density at radius 1 is 1.41 bits per heavy atom. The molecule has 1 heterocycles. The third-order valence-electron chi connectivity index (χ3n) is 2.32. The molecule has 90 valence electrons. The summed E-state index contributed by atoms with van der Waals surface area (Å²) < 4.78 is 5.79. The van der Waals surface area contributed by atoms with Crippen LogP contribution in [0.2, 0.25) is 0 Å². The first-order valence-corrected chi connectivity index (χ1v) is 6.72. The molecule has 0 atom stereocenters. The van der Waals surface area contributed by atoms with E-state index in [1.807, 2.05) is 6.07 Å². The number of methoxy groups -OCH3 is 1. The standard InChI is InChI=1S/C11H10BrNO3S/c1-16-2-3-17-9-5-8-6(4-7(9)12)10(14)11(15)13-8/h4-5H,2-3H2,1H3,(H,13,14,15). The van der Waals surface area contributed by atoms with Gasteiger partial charge in [-0.15, -0.1) is 11.8 Å². The number of ether oxygens (including phenoxy) is 1. The molecule has 1 amide bonds. The number of anilines is 1. The van der Waals surface area contributed by atoms with Crippen molar-refractivity contribution in [1.29, 1.82) is 0 Å². The predicted octanol–water partition coefficient (Wildman–Crippen LogP) is 2.32. The van der Waals surface area contributed by atoms with Crippen LogP contribution in [0.3, 0.4) is 0 Å². The van der Waals surface area contributed by atoms with Crippen LogP contribution in [0.1, 0.15) is 10.4 Å². The number of carbonyl (C=O) groups is 2. The van der Waals surface area contributed by atoms with E-state index in [0.717, 1.165) is 15.1 Å². The maximum Gasteiger partial charge on any atom is 0.296 e. The number of rotatable bonds is 4. The van der Waals surface area contributed by atoms with Crippen LogP contribution in [-0.2, 0) is 9.53 Å². The number of carbonyl (C=O) groups excluding carboxylic acids is 2. The summed E-state index contributed by atoms with van der Waals surface area (Å²) in [6, 6.07) is 3.49. The van der Waals surface area contributed by atoms with Crippen LogP contribution < -0.4 is 5.32 Å². The van der Waals surface area contributed by atoms with Crippen molar-refractivity contribution < 1.29 is 14.3 Å². The summed E-state index contributed by atoms with van der Waals surface area (Å²) in [6.45, 7) is 0.652. The first-order chi connectivity index (χ1) is 8.13. The highest BCUT2D eigenvalue weighted by Crippen LogP contribution is 2.35. The minimum absolute atomic E-state index is 0.429. The van der Waals surface area contributed by atoms with E-state index in [1.54, 1.807) is 24.9 Å². The summed E-state index contributed by atoms with van der Waals surface area (Å²) in [5.74, 6) is -0.226. The average Bonchev–Trinajstić information content (AvgIpc) is 2.56. The van der Waals surface area contributed by atoms with E-state index in [9.17, 15) is 9.59 Å². The SMILES string of the molecule is COCCSc1cc2c(cc1Br)C(=O)C(=O)N2. The van der Waals surface area contributed by atoms with Crippen LogP contribution in [0, 0.1) is 0 Å². The van der Waals surface area contributed by atoms with Gasteiger partial charge in [-0.3, -0.25) is 9.59 Å². The topological polar surface area (TPSA) is 55.4 Å². The second-order valence-electron chi connectivity index (χ2n) is 3.45. The molecule has 1 aromatic carbocycles. The quantitative estimate of drug-likeness (QED) is 0.526. The number of nitrogens with one attached hydrogen (secondary N) is 1. The summed E-state index contributed by atoms with van der Waals surface area (Å²) >= 11 is 5.00. The van der Waals surface area contributed by atoms with Gasteiger partial charge in [-0.05, 0) is 28.1 Å². The van der Waals surface area contributed by atoms with Crippen LogP contribution in [0.15, 0.2) is 21.5 Å². The lowest BCUT2D eigenvalue weighted by atomic mass is 10.1. The van der Waals surface area contributed by atoms with Crippen molar-refractivity contribution >= 4 is 45.1 Å². The number of halogens is 1. The maximum absolute atomic E-state index is 11.5. The lowest BCUT2D eigenvalue weighted by Crippen LogP contribution is -2.12. The molecule has 0 fully saturated rings. The molecule has 6 heteroatoms. The van der Waals surface area contributed by atoms with Crippen molar-refractivity contribution in [1.82, 2.24) is 0 Å². The zero-order valence-electron chi connectivity index (χ0n) is 9.08. The monoisotopic (exact) mass is 315 g/mol. The highest BCUT2D eigenvalue weighted by atomic mass is 79.9. The third-order valence-corrected chi connectivity index (χ3v) is 4.25. The fourth-order valence-corrected chi connectivity index (χ4v) is 3.05. The largest absolute Gasteiger partial charge is 0.384 e. The van der Waals surface area contributed by atoms with Crippen molar-refractivity contribution in [3.63, 3.8) is 0 Å². The van der Waals surface area contributed by atoms with E-state index in [-0.39, 0.29) is 0 Å². The van der Waals surface area contributed by atoms with Gasteiger partial charge in [0.2, 0.25) is 0 Å². The fourth-order valence-electron chi connectivity index (χ4n) is 1.49. The van der Waals surface area contributed by atoms with Gasteiger partial charge >= 0.3 is 0 Å². The predicted molar refractivity (Wildman–Crippen MR) is 69.7 cm³/mol. The molecule has 1 aliphatic heterocycles. The van der Waals surface area contributed by atoms with E-state index >= 15 is 0 Å². The molecule has 0 saturated heterocycles. The minimum atomic E-state index is -0.564. The van der Waals surface area contributed by atoms with Crippen LogP contribution in [0.25, 0.3) is 0 Å². The van der Waals surface area contributed by atoms with E-state index in [1.165, 1.54) is 0 Å². The van der Waals surface area contributed by atoms with Gasteiger partial charge < -0.3 is 10.1 Å². The molecular formula is C11H10BrNO3S. The number of amides is 1. The zero-order chi connectivity index (χ0) is 12.4. The van der Waals surface area contributed by atoms with Gasteiger partial charge in [0.25, 0.3) is 11.7 Å². The highest BCUT2D eigenvalue weighted by Gasteiger charge is 2.28. The Bertz CT molecular complexity index is 490. The molecule has 0 radical (unpaired) electrons. The van der Waals surface area contributed by atoms with E-state index in [4.69, 9.17) is 4.74 Å². The van der Waals surface area contributed by atoms with Crippen molar-refractivity contribution in [3.05, 3.63) is 22.2 Å². The van der Waals surface area contributed by atoms with Crippen LogP contribution in [-0.4, -0.2) is 31.2 Å². The summed E-state index contributed by atoms with van der Waals surface area (Å²) in [5.41, 5.74) is 1.01. The maximum atomic E-state index is 11.5. The molecule has 0 spiro atoms. The molecule has 17 heavy (non-hydrogen) atoms. The molecule has 0 saturated carbocycles. The Labute approximate surface area is 111 Å². The van der Waals surface area contributed by atoms with Crippen LogP contribution in [0.4, 0.5) is 5.69 Å². The second-order valence-corrected chi connectivity index (χ2v) is 5.44. The molecule has 0 unspecified atom stereocenters. The molecule has 0 aromatic heterocycles. The molecule has 0 bridgehead atoms. The second kappa shape index (κ2) is 5.20. The Morgan fingerprint density at radius 3 is 2.88 bits per heavy atom. The number of fused-ring (bicyclic) bond motifs is 1. The highest BCUT2D eigenvalue weighted by molar-refractivity contribution is 9.10. The number of thioether (sulfide) groups is 1. The average molecular weight is 316 g/mol. The lowest BCUT2D eigenvalue weighted by molar-refractivity contribution is -0.112. The van der Waals surface area contributed by atoms with Gasteiger partial charge in [-0.25, -0.2) is 0 Å². The Hall–Kier alpha value is -0.850. The van der Waals surface area contributed by atoms with Gasteiger partial charge in [0.05, 0.1) is 17.9 Å². The number of Topliss-reactive ketones (excluding diaryl/α,β-unsaturated/α-hetero) is 1. The molecular weight excluding hydrogens is 306 g/mol. The van der Waals surface area contributed by atoms with Crippen LogP contribution in [0.5, 0.6) is 0 Å². The van der Waals surface area contributed by atoms with Crippen molar-refractivity contribution in [3.8, 4) is 0 Å². The smallest absolute Gasteiger partial charge is 0.296 e. The Morgan fingerprint density at radius 2 is 2.18 bits per heavy atom. The van der Waals surface area contributed by atoms with Crippen molar-refractivity contribution in [2.24, 2.45) is 0 Å². The summed E-state index contributed by atoms with van der Waals surface area (Å²) in [5, 5.41) is 2.55. The van der Waals surface area contributed by atoms with E-state index in [0.29, 0.717) is 17.9 Å². The van der Waals surface area contributed by atoms with Gasteiger partial charge in [0, 0.05) is 22.2 Å². The van der Waals surface area contributed by atoms with Gasteiger partial charge in [-0.1, -0.05) is 0 Å². The first-order valence-electron chi connectivity index (χ1n) is 4.94. The first kappa shape index (κ1) is 12.6. The number of ketones is 1. The Kier molecular flexibility index (Phi) is 3.86. The fraction of sp³-hybridized carbons (Fsp3) is 0.273. The molecule has 1 N–H and O–H groups in total. The van der Waals surface area contributed by atoms with Crippen LogP contribution >= 0.6 is 27.7 Å². The van der Waals surface area contributed by atoms with E-state index in [2.05, 4.69) is 21.2 Å². The summed E-state index contributed by atoms with van der Waals surface area (Å²) in [7, 11) is 1.65. The lowest BCUT2D eigenvalue weighted by Gasteiger charge is -2.06. The number of benzene rings is 1. The molecule has 1 aromatic rings. The summed E-state index contributed by atoms with van der Waals surface area (Å²) in [4.78, 5) is 23.7. The number of hydrogen-bond donors (Lipinski definition) is 1. The third kappa shape index (κ3) is 2.53. The minimum Gasteiger partial charge on any atom is -0.384 e. The zero-order valence-corrected chi connectivity index (χ0v) is 11.5. The van der Waals surface area contributed by atoms with Crippen molar-refractivity contribution in [2.75, 3.05) is 24.8 Å². The Balaban J connectivity index is 2.24. The van der Waals surface area contributed by atoms with Gasteiger partial charge in [0.15, 0.2) is 0 Å².